The van der Waals surface area contributed by atoms with Crippen LogP contribution < -0.4 is 5.56 Å². The SMILES string of the molecule is CC(C)CN(C)C(=O)c1cnc(Cc2c(Cl)cccc2Cl)[nH]c1=O. The molecule has 5 nitrogen and oxygen atoms in total. The lowest BCUT2D eigenvalue weighted by molar-refractivity contribution is 0.0777. The lowest BCUT2D eigenvalue weighted by Gasteiger charge is -2.18. The van der Waals surface area contributed by atoms with E-state index in [1.807, 2.05) is 13.8 Å². The van der Waals surface area contributed by atoms with Gasteiger partial charge in [0.25, 0.3) is 11.5 Å². The van der Waals surface area contributed by atoms with Crippen LogP contribution in [0.5, 0.6) is 0 Å². The van der Waals surface area contributed by atoms with Crippen molar-refractivity contribution in [1.82, 2.24) is 14.9 Å². The molecule has 0 atom stereocenters. The Hall–Kier alpha value is -1.85. The Morgan fingerprint density at radius 1 is 1.29 bits per heavy atom. The first-order valence-electron chi connectivity index (χ1n) is 7.56. The smallest absolute Gasteiger partial charge is 0.263 e. The minimum Gasteiger partial charge on any atom is -0.341 e. The summed E-state index contributed by atoms with van der Waals surface area (Å²) in [5.41, 5.74) is 0.232. The van der Waals surface area contributed by atoms with Gasteiger partial charge in [-0.15, -0.1) is 0 Å². The number of benzene rings is 1. The Bertz CT molecular complexity index is 782. The van der Waals surface area contributed by atoms with Gasteiger partial charge in [-0.1, -0.05) is 43.1 Å². The molecule has 1 aromatic heterocycles. The van der Waals surface area contributed by atoms with Crippen molar-refractivity contribution in [3.05, 3.63) is 61.7 Å². The van der Waals surface area contributed by atoms with Gasteiger partial charge in [-0.25, -0.2) is 4.98 Å². The Balaban J connectivity index is 2.24. The molecule has 7 heteroatoms. The van der Waals surface area contributed by atoms with Gasteiger partial charge in [-0.3, -0.25) is 9.59 Å². The highest BCUT2D eigenvalue weighted by molar-refractivity contribution is 6.36. The highest BCUT2D eigenvalue weighted by atomic mass is 35.5. The van der Waals surface area contributed by atoms with Crippen molar-refractivity contribution >= 4 is 29.1 Å². The molecular weight excluding hydrogens is 349 g/mol. The van der Waals surface area contributed by atoms with Crippen molar-refractivity contribution in [2.24, 2.45) is 5.92 Å². The molecule has 2 rings (SSSR count). The third-order valence-corrected chi connectivity index (χ3v) is 4.18. The molecule has 0 saturated heterocycles. The Kier molecular flexibility index (Phi) is 6.02. The summed E-state index contributed by atoms with van der Waals surface area (Å²) in [4.78, 5) is 32.9. The summed E-state index contributed by atoms with van der Waals surface area (Å²) < 4.78 is 0. The summed E-state index contributed by atoms with van der Waals surface area (Å²) in [7, 11) is 1.67. The minimum atomic E-state index is -0.469. The van der Waals surface area contributed by atoms with E-state index in [4.69, 9.17) is 23.2 Å². The highest BCUT2D eigenvalue weighted by Crippen LogP contribution is 2.25. The number of rotatable bonds is 5. The molecule has 0 bridgehead atoms. The number of aromatic amines is 1. The zero-order valence-corrected chi connectivity index (χ0v) is 15.3. The van der Waals surface area contributed by atoms with E-state index >= 15 is 0 Å². The molecule has 24 heavy (non-hydrogen) atoms. The molecule has 0 spiro atoms. The fraction of sp³-hybridized carbons (Fsp3) is 0.353. The van der Waals surface area contributed by atoms with Crippen molar-refractivity contribution in [3.8, 4) is 0 Å². The van der Waals surface area contributed by atoms with Crippen molar-refractivity contribution in [2.45, 2.75) is 20.3 Å². The molecule has 1 heterocycles. The number of nitrogens with zero attached hydrogens (tertiary/aromatic N) is 2. The zero-order chi connectivity index (χ0) is 17.9. The summed E-state index contributed by atoms with van der Waals surface area (Å²) in [5.74, 6) is 0.366. The number of hydrogen-bond donors (Lipinski definition) is 1. The number of carbonyl (C=O) groups excluding carboxylic acids is 1. The number of halogens is 2. The second-order valence-electron chi connectivity index (χ2n) is 6.03. The fourth-order valence-electron chi connectivity index (χ4n) is 2.38. The number of carbonyl (C=O) groups is 1. The van der Waals surface area contributed by atoms with Crippen LogP contribution in [0.15, 0.2) is 29.2 Å². The fourth-order valence-corrected chi connectivity index (χ4v) is 2.91. The lowest BCUT2D eigenvalue weighted by atomic mass is 10.1. The third-order valence-electron chi connectivity index (χ3n) is 3.47. The van der Waals surface area contributed by atoms with Crippen LogP contribution in [0, 0.1) is 5.92 Å². The van der Waals surface area contributed by atoms with Crippen LogP contribution >= 0.6 is 23.2 Å². The maximum absolute atomic E-state index is 12.3. The number of H-pyrrole nitrogens is 1. The van der Waals surface area contributed by atoms with Gasteiger partial charge in [0.2, 0.25) is 0 Å². The monoisotopic (exact) mass is 367 g/mol. The van der Waals surface area contributed by atoms with E-state index in [9.17, 15) is 9.59 Å². The molecule has 1 N–H and O–H groups in total. The van der Waals surface area contributed by atoms with Crippen LogP contribution in [0.4, 0.5) is 0 Å². The first-order valence-corrected chi connectivity index (χ1v) is 8.31. The van der Waals surface area contributed by atoms with E-state index in [-0.39, 0.29) is 17.9 Å². The average Bonchev–Trinajstić information content (AvgIpc) is 2.50. The Labute approximate surface area is 150 Å². The van der Waals surface area contributed by atoms with E-state index in [1.165, 1.54) is 11.1 Å². The third kappa shape index (κ3) is 4.36. The standard InChI is InChI=1S/C17H19Cl2N3O2/c1-10(2)9-22(3)17(24)12-8-20-15(21-16(12)23)7-11-13(18)5-4-6-14(11)19/h4-6,8,10H,7,9H2,1-3H3,(H,20,21,23). The summed E-state index contributed by atoms with van der Waals surface area (Å²) in [6.07, 6.45) is 1.59. The maximum atomic E-state index is 12.3. The van der Waals surface area contributed by atoms with E-state index < -0.39 is 5.56 Å². The summed E-state index contributed by atoms with van der Waals surface area (Å²) in [5, 5.41) is 1.00. The molecule has 128 valence electrons. The van der Waals surface area contributed by atoms with E-state index in [0.29, 0.717) is 33.9 Å². The first kappa shape index (κ1) is 18.5. The van der Waals surface area contributed by atoms with Gasteiger partial charge in [0, 0.05) is 36.3 Å². The van der Waals surface area contributed by atoms with Gasteiger partial charge in [-0.2, -0.15) is 0 Å². The van der Waals surface area contributed by atoms with Crippen LogP contribution in [-0.2, 0) is 6.42 Å². The predicted octanol–water partition coefficient (Wildman–Crippen LogP) is 3.40. The van der Waals surface area contributed by atoms with Crippen LogP contribution in [0.1, 0.15) is 35.6 Å². The van der Waals surface area contributed by atoms with Gasteiger partial charge in [0.15, 0.2) is 0 Å². The van der Waals surface area contributed by atoms with Crippen molar-refractivity contribution in [2.75, 3.05) is 13.6 Å². The Morgan fingerprint density at radius 2 is 1.92 bits per heavy atom. The average molecular weight is 368 g/mol. The molecular formula is C17H19Cl2N3O2. The molecule has 0 aliphatic rings. The molecule has 0 radical (unpaired) electrons. The summed E-state index contributed by atoms with van der Waals surface area (Å²) in [6, 6.07) is 5.19. The number of hydrogen-bond acceptors (Lipinski definition) is 3. The maximum Gasteiger partial charge on any atom is 0.263 e. The second-order valence-corrected chi connectivity index (χ2v) is 6.84. The number of amides is 1. The number of nitrogens with one attached hydrogen (secondary N) is 1. The van der Waals surface area contributed by atoms with Crippen molar-refractivity contribution in [1.29, 1.82) is 0 Å². The Morgan fingerprint density at radius 3 is 2.46 bits per heavy atom. The topological polar surface area (TPSA) is 66.1 Å². The van der Waals surface area contributed by atoms with Gasteiger partial charge >= 0.3 is 0 Å². The quantitative estimate of drug-likeness (QED) is 0.880. The van der Waals surface area contributed by atoms with Gasteiger partial charge in [0.1, 0.15) is 11.4 Å². The van der Waals surface area contributed by atoms with E-state index in [1.54, 1.807) is 25.2 Å². The van der Waals surface area contributed by atoms with Gasteiger partial charge in [-0.05, 0) is 23.6 Å². The molecule has 1 aromatic carbocycles. The van der Waals surface area contributed by atoms with E-state index in [0.717, 1.165) is 0 Å². The normalized spacial score (nSPS) is 10.9. The van der Waals surface area contributed by atoms with Crippen LogP contribution in [-0.4, -0.2) is 34.4 Å². The molecule has 1 amide bonds. The highest BCUT2D eigenvalue weighted by Gasteiger charge is 2.17. The summed E-state index contributed by atoms with van der Waals surface area (Å²) in [6.45, 7) is 4.57. The molecule has 0 aliphatic heterocycles. The predicted molar refractivity (Wildman–Crippen MR) is 95.9 cm³/mol. The van der Waals surface area contributed by atoms with Gasteiger partial charge < -0.3 is 9.88 Å². The first-order chi connectivity index (χ1) is 11.3. The molecule has 0 unspecified atom stereocenters. The van der Waals surface area contributed by atoms with Crippen LogP contribution in [0.25, 0.3) is 0 Å². The zero-order valence-electron chi connectivity index (χ0n) is 13.8. The lowest BCUT2D eigenvalue weighted by Crippen LogP contribution is -2.34. The molecule has 0 saturated carbocycles. The van der Waals surface area contributed by atoms with E-state index in [2.05, 4.69) is 9.97 Å². The van der Waals surface area contributed by atoms with Crippen molar-refractivity contribution < 1.29 is 4.79 Å². The van der Waals surface area contributed by atoms with Gasteiger partial charge in [0.05, 0.1) is 0 Å². The van der Waals surface area contributed by atoms with Crippen molar-refractivity contribution in [3.63, 3.8) is 0 Å². The molecule has 0 fully saturated rings. The molecule has 2 aromatic rings. The number of aromatic nitrogens is 2. The van der Waals surface area contributed by atoms with Crippen LogP contribution in [0.3, 0.4) is 0 Å². The van der Waals surface area contributed by atoms with Crippen LogP contribution in [0.2, 0.25) is 10.0 Å². The summed E-state index contributed by atoms with van der Waals surface area (Å²) >= 11 is 12.3. The largest absolute Gasteiger partial charge is 0.341 e. The molecule has 0 aliphatic carbocycles. The second kappa shape index (κ2) is 7.81. The minimum absolute atomic E-state index is 0.0205.